The van der Waals surface area contributed by atoms with E-state index in [-0.39, 0.29) is 29.9 Å². The number of nitrogens with zero attached hydrogens (tertiary/aromatic N) is 1. The number of benzene rings is 2. The minimum absolute atomic E-state index is 0.0386. The molecule has 2 saturated carbocycles. The molecule has 5 N–H and O–H groups in total. The second-order valence-electron chi connectivity index (χ2n) is 11.7. The fourth-order valence-electron chi connectivity index (χ4n) is 7.25. The molecule has 3 unspecified atom stereocenters. The molecule has 5 rings (SSSR count). The van der Waals surface area contributed by atoms with Crippen molar-refractivity contribution in [2.75, 3.05) is 14.1 Å². The molecular weight excluding hydrogens is 528 g/mol. The minimum Gasteiger partial charge on any atom is -0.507 e. The number of rotatable bonds is 6. The fraction of sp³-hybridized carbons (Fsp3) is 0.452. The molecule has 0 aliphatic heterocycles. The van der Waals surface area contributed by atoms with Gasteiger partial charge in [0.1, 0.15) is 17.5 Å². The third-order valence-corrected chi connectivity index (χ3v) is 9.23. The normalized spacial score (nSPS) is 30.9. The summed E-state index contributed by atoms with van der Waals surface area (Å²) >= 11 is 0. The van der Waals surface area contributed by atoms with Gasteiger partial charge in [0.2, 0.25) is 5.91 Å². The smallest absolute Gasteiger partial charge is 0.230 e. The largest absolute Gasteiger partial charge is 0.507 e. The molecular formula is C31H34N2O8. The first kappa shape index (κ1) is 28.8. The van der Waals surface area contributed by atoms with Gasteiger partial charge in [0, 0.05) is 24.8 Å². The SMILES string of the molecule is CCC(=O)Cc1ccc(-c2ccc(O)c3c2C[C@@H]2C[C@@H]4[C@@H](N(C)C)C(O)C(C(N)=O)C(=O)[C@]4(O)C(=O)C2C3=O)cc1. The molecule has 0 bridgehead atoms. The minimum atomic E-state index is -2.69. The number of Topliss-reactive ketones (excluding diaryl/α,β-unsaturated/α-hetero) is 4. The maximum atomic E-state index is 14.0. The number of aliphatic hydroxyl groups is 2. The summed E-state index contributed by atoms with van der Waals surface area (Å²) in [4.78, 5) is 66.9. The van der Waals surface area contributed by atoms with Crippen LogP contribution in [0.2, 0.25) is 0 Å². The van der Waals surface area contributed by atoms with Gasteiger partial charge >= 0.3 is 0 Å². The number of phenolic OH excluding ortho intramolecular Hbond substituents is 1. The van der Waals surface area contributed by atoms with Crippen LogP contribution in [0.5, 0.6) is 5.75 Å². The van der Waals surface area contributed by atoms with Gasteiger partial charge in [-0.3, -0.25) is 24.0 Å². The molecule has 2 aromatic rings. The highest BCUT2D eigenvalue weighted by Crippen LogP contribution is 2.52. The number of primary amides is 1. The molecule has 0 heterocycles. The number of carbonyl (C=O) groups excluding carboxylic acids is 5. The lowest BCUT2D eigenvalue weighted by Gasteiger charge is -2.54. The van der Waals surface area contributed by atoms with E-state index in [1.54, 1.807) is 32.0 Å². The lowest BCUT2D eigenvalue weighted by Crippen LogP contribution is -2.75. The molecule has 3 aliphatic carbocycles. The predicted molar refractivity (Wildman–Crippen MR) is 147 cm³/mol. The zero-order chi connectivity index (χ0) is 30.0. The quantitative estimate of drug-likeness (QED) is 0.372. The third-order valence-electron chi connectivity index (χ3n) is 9.23. The fourth-order valence-corrected chi connectivity index (χ4v) is 7.25. The van der Waals surface area contributed by atoms with Gasteiger partial charge in [0.05, 0.1) is 17.6 Å². The number of carbonyl (C=O) groups is 5. The van der Waals surface area contributed by atoms with Crippen LogP contribution in [0.3, 0.4) is 0 Å². The second-order valence-corrected chi connectivity index (χ2v) is 11.7. The molecule has 2 aromatic carbocycles. The van der Waals surface area contributed by atoms with Gasteiger partial charge in [-0.05, 0) is 61.2 Å². The summed E-state index contributed by atoms with van der Waals surface area (Å²) in [5.41, 5.74) is 5.53. The van der Waals surface area contributed by atoms with E-state index in [1.807, 2.05) is 24.3 Å². The Morgan fingerprint density at radius 2 is 1.71 bits per heavy atom. The van der Waals surface area contributed by atoms with E-state index in [9.17, 15) is 39.3 Å². The van der Waals surface area contributed by atoms with Gasteiger partial charge < -0.3 is 26.0 Å². The van der Waals surface area contributed by atoms with Crippen molar-refractivity contribution in [1.82, 2.24) is 4.90 Å². The summed E-state index contributed by atoms with van der Waals surface area (Å²) in [5, 5.41) is 33.5. The van der Waals surface area contributed by atoms with Gasteiger partial charge in [0.15, 0.2) is 23.0 Å². The first-order valence-corrected chi connectivity index (χ1v) is 13.8. The molecule has 0 saturated heterocycles. The Morgan fingerprint density at radius 3 is 2.29 bits per heavy atom. The standard InChI is InChI=1S/C31H34N2O8/c1-4-17(34)11-14-5-7-15(8-6-14)18-9-10-21(35)23-19(18)12-16-13-20-25(33(2)3)27(37)24(30(32)40)29(39)31(20,41)28(38)22(16)26(23)36/h5-10,16,20,22,24-25,27,35,37,41H,4,11-13H2,1-3H3,(H2,32,40)/t16-,20-,22?,24?,25-,27?,31-/m1/s1. The molecule has 216 valence electrons. The van der Waals surface area contributed by atoms with Crippen LogP contribution in [0.25, 0.3) is 11.1 Å². The number of fused-ring (bicyclic) bond motifs is 3. The number of hydrogen-bond donors (Lipinski definition) is 4. The first-order valence-electron chi connectivity index (χ1n) is 13.8. The lowest BCUT2D eigenvalue weighted by molar-refractivity contribution is -0.190. The Balaban J connectivity index is 1.58. The Kier molecular flexibility index (Phi) is 7.21. The van der Waals surface area contributed by atoms with Crippen LogP contribution in [0.15, 0.2) is 36.4 Å². The Morgan fingerprint density at radius 1 is 1.05 bits per heavy atom. The summed E-state index contributed by atoms with van der Waals surface area (Å²) < 4.78 is 0. The van der Waals surface area contributed by atoms with Crippen molar-refractivity contribution in [2.24, 2.45) is 29.4 Å². The Bertz CT molecular complexity index is 1470. The van der Waals surface area contributed by atoms with Gasteiger partial charge in [-0.2, -0.15) is 0 Å². The van der Waals surface area contributed by atoms with E-state index in [0.29, 0.717) is 24.0 Å². The second kappa shape index (κ2) is 10.3. The molecule has 3 aliphatic rings. The number of amides is 1. The molecule has 0 radical (unpaired) electrons. The molecule has 0 spiro atoms. The molecule has 1 amide bonds. The molecule has 7 atom stereocenters. The van der Waals surface area contributed by atoms with Crippen molar-refractivity contribution in [1.29, 1.82) is 0 Å². The van der Waals surface area contributed by atoms with Crippen molar-refractivity contribution < 1.29 is 39.3 Å². The highest BCUT2D eigenvalue weighted by Gasteiger charge is 2.69. The predicted octanol–water partition coefficient (Wildman–Crippen LogP) is 0.847. The van der Waals surface area contributed by atoms with E-state index in [4.69, 9.17) is 5.73 Å². The van der Waals surface area contributed by atoms with E-state index in [2.05, 4.69) is 0 Å². The van der Waals surface area contributed by atoms with Crippen molar-refractivity contribution in [3.63, 3.8) is 0 Å². The molecule has 2 fully saturated rings. The van der Waals surface area contributed by atoms with Crippen molar-refractivity contribution in [3.8, 4) is 16.9 Å². The lowest BCUT2D eigenvalue weighted by atomic mass is 9.52. The molecule has 10 nitrogen and oxygen atoms in total. The Hall–Kier alpha value is -3.73. The third kappa shape index (κ3) is 4.32. The number of aromatic hydroxyl groups is 1. The van der Waals surface area contributed by atoms with E-state index >= 15 is 0 Å². The highest BCUT2D eigenvalue weighted by molar-refractivity contribution is 6.25. The number of aliphatic hydroxyl groups excluding tert-OH is 1. The van der Waals surface area contributed by atoms with Crippen molar-refractivity contribution >= 4 is 29.0 Å². The molecule has 0 aromatic heterocycles. The number of phenols is 1. The summed E-state index contributed by atoms with van der Waals surface area (Å²) in [6, 6.07) is 9.47. The van der Waals surface area contributed by atoms with Crippen LogP contribution in [0, 0.1) is 23.7 Å². The highest BCUT2D eigenvalue weighted by atomic mass is 16.3. The summed E-state index contributed by atoms with van der Waals surface area (Å²) in [5.74, 6) is -9.22. The molecule has 10 heteroatoms. The molecule has 41 heavy (non-hydrogen) atoms. The van der Waals surface area contributed by atoms with Crippen molar-refractivity contribution in [2.45, 2.75) is 50.4 Å². The topological polar surface area (TPSA) is 175 Å². The van der Waals surface area contributed by atoms with E-state index in [0.717, 1.165) is 11.1 Å². The van der Waals surface area contributed by atoms with Crippen LogP contribution < -0.4 is 5.73 Å². The van der Waals surface area contributed by atoms with Crippen LogP contribution >= 0.6 is 0 Å². The van der Waals surface area contributed by atoms with Crippen LogP contribution in [-0.4, -0.2) is 81.1 Å². The zero-order valence-corrected chi connectivity index (χ0v) is 23.2. The average Bonchev–Trinajstić information content (AvgIpc) is 2.91. The van der Waals surface area contributed by atoms with Gasteiger partial charge in [-0.15, -0.1) is 0 Å². The Labute approximate surface area is 237 Å². The van der Waals surface area contributed by atoms with Crippen LogP contribution in [0.1, 0.15) is 41.3 Å². The maximum absolute atomic E-state index is 14.0. The van der Waals surface area contributed by atoms with Gasteiger partial charge in [0.25, 0.3) is 0 Å². The van der Waals surface area contributed by atoms with Crippen molar-refractivity contribution in [3.05, 3.63) is 53.1 Å². The summed E-state index contributed by atoms with van der Waals surface area (Å²) in [6.45, 7) is 1.81. The number of hydrogen-bond acceptors (Lipinski definition) is 9. The zero-order valence-electron chi connectivity index (χ0n) is 23.2. The van der Waals surface area contributed by atoms with E-state index in [1.165, 1.54) is 6.07 Å². The summed E-state index contributed by atoms with van der Waals surface area (Å²) in [6.07, 6.45) is -0.551. The van der Waals surface area contributed by atoms with Crippen LogP contribution in [0.4, 0.5) is 0 Å². The maximum Gasteiger partial charge on any atom is 0.230 e. The summed E-state index contributed by atoms with van der Waals surface area (Å²) in [7, 11) is 3.21. The van der Waals surface area contributed by atoms with Gasteiger partial charge in [-0.25, -0.2) is 0 Å². The van der Waals surface area contributed by atoms with Gasteiger partial charge in [-0.1, -0.05) is 37.3 Å². The number of likely N-dealkylation sites (N-methyl/N-ethyl adjacent to an activating group) is 1. The van der Waals surface area contributed by atoms with Crippen LogP contribution in [-0.2, 0) is 32.0 Å². The average molecular weight is 563 g/mol. The first-order chi connectivity index (χ1) is 19.3. The van der Waals surface area contributed by atoms with E-state index < -0.39 is 64.7 Å². The number of ketones is 4. The monoisotopic (exact) mass is 562 g/mol. The number of nitrogens with two attached hydrogens (primary N) is 1.